The monoisotopic (exact) mass is 235 g/mol. The fourth-order valence-electron chi connectivity index (χ4n) is 1.57. The van der Waals surface area contributed by atoms with E-state index in [1.165, 1.54) is 12.1 Å². The summed E-state index contributed by atoms with van der Waals surface area (Å²) in [6.45, 7) is 0.786. The Morgan fingerprint density at radius 3 is 2.82 bits per heavy atom. The molecular formula is C11H13N3O3. The zero-order chi connectivity index (χ0) is 12.1. The zero-order valence-corrected chi connectivity index (χ0v) is 9.20. The fourth-order valence-corrected chi connectivity index (χ4v) is 1.57. The molecule has 0 amide bonds. The van der Waals surface area contributed by atoms with E-state index in [-0.39, 0.29) is 11.8 Å². The van der Waals surface area contributed by atoms with E-state index in [9.17, 15) is 10.1 Å². The van der Waals surface area contributed by atoms with Crippen LogP contribution < -0.4 is 5.43 Å². The third kappa shape index (κ3) is 3.25. The molecule has 0 bridgehead atoms. The second kappa shape index (κ2) is 5.40. The number of nitrogens with one attached hydrogen (secondary N) is 1. The van der Waals surface area contributed by atoms with Crippen LogP contribution in [0.1, 0.15) is 12.8 Å². The number of hydrogen-bond acceptors (Lipinski definition) is 5. The van der Waals surface area contributed by atoms with Crippen LogP contribution in [-0.4, -0.2) is 23.8 Å². The lowest BCUT2D eigenvalue weighted by molar-refractivity contribution is -0.384. The number of hydrogen-bond donors (Lipinski definition) is 1. The molecular weight excluding hydrogens is 222 g/mol. The van der Waals surface area contributed by atoms with Gasteiger partial charge in [-0.05, 0) is 25.0 Å². The molecule has 1 unspecified atom stereocenters. The van der Waals surface area contributed by atoms with E-state index in [1.54, 1.807) is 18.3 Å². The van der Waals surface area contributed by atoms with Gasteiger partial charge in [0.2, 0.25) is 0 Å². The lowest BCUT2D eigenvalue weighted by atomic mass is 10.3. The van der Waals surface area contributed by atoms with Gasteiger partial charge in [0.25, 0.3) is 5.69 Å². The molecule has 0 spiro atoms. The highest BCUT2D eigenvalue weighted by molar-refractivity contribution is 5.65. The Labute approximate surface area is 98.4 Å². The summed E-state index contributed by atoms with van der Waals surface area (Å²) in [6.07, 6.45) is 3.86. The Balaban J connectivity index is 1.88. The summed E-state index contributed by atoms with van der Waals surface area (Å²) >= 11 is 0. The second-order valence-corrected chi connectivity index (χ2v) is 3.75. The highest BCUT2D eigenvalue weighted by Crippen LogP contribution is 2.15. The number of ether oxygens (including phenoxy) is 1. The minimum absolute atomic E-state index is 0.0682. The molecule has 0 aliphatic carbocycles. The normalized spacial score (nSPS) is 19.6. The first kappa shape index (κ1) is 11.5. The molecule has 0 saturated carbocycles. The second-order valence-electron chi connectivity index (χ2n) is 3.75. The zero-order valence-electron chi connectivity index (χ0n) is 9.20. The number of nitro benzene ring substituents is 1. The number of nitrogens with zero attached hydrogens (tertiary/aromatic N) is 2. The Kier molecular flexibility index (Phi) is 3.66. The average molecular weight is 235 g/mol. The fraction of sp³-hybridized carbons (Fsp3) is 0.364. The molecule has 1 aliphatic heterocycles. The average Bonchev–Trinajstić information content (AvgIpc) is 2.83. The quantitative estimate of drug-likeness (QED) is 0.493. The molecule has 2 rings (SSSR count). The van der Waals surface area contributed by atoms with Crippen LogP contribution in [0, 0.1) is 10.1 Å². The van der Waals surface area contributed by atoms with Crippen LogP contribution in [0.15, 0.2) is 29.4 Å². The summed E-state index contributed by atoms with van der Waals surface area (Å²) in [5.74, 6) is 0. The summed E-state index contributed by atoms with van der Waals surface area (Å²) in [5.41, 5.74) is 3.59. The van der Waals surface area contributed by atoms with Crippen molar-refractivity contribution in [1.82, 2.24) is 0 Å². The van der Waals surface area contributed by atoms with Crippen molar-refractivity contribution in [2.75, 3.05) is 12.0 Å². The van der Waals surface area contributed by atoms with Crippen molar-refractivity contribution in [1.29, 1.82) is 0 Å². The molecule has 0 aromatic heterocycles. The van der Waals surface area contributed by atoms with Crippen LogP contribution in [-0.2, 0) is 4.74 Å². The number of non-ortho nitro benzene ring substituents is 1. The molecule has 1 aromatic carbocycles. The Morgan fingerprint density at radius 2 is 2.24 bits per heavy atom. The first-order valence-corrected chi connectivity index (χ1v) is 5.41. The summed E-state index contributed by atoms with van der Waals surface area (Å²) in [7, 11) is 0. The number of rotatable bonds is 4. The van der Waals surface area contributed by atoms with Gasteiger partial charge in [0.1, 0.15) is 0 Å². The maximum Gasteiger partial charge on any atom is 0.269 e. The minimum Gasteiger partial charge on any atom is -0.372 e. The van der Waals surface area contributed by atoms with E-state index in [2.05, 4.69) is 10.5 Å². The largest absolute Gasteiger partial charge is 0.372 e. The Morgan fingerprint density at radius 1 is 1.47 bits per heavy atom. The molecule has 6 nitrogen and oxygen atoms in total. The smallest absolute Gasteiger partial charge is 0.269 e. The van der Waals surface area contributed by atoms with Gasteiger partial charge in [-0.1, -0.05) is 0 Å². The van der Waals surface area contributed by atoms with E-state index >= 15 is 0 Å². The molecule has 1 N–H and O–H groups in total. The van der Waals surface area contributed by atoms with Gasteiger partial charge >= 0.3 is 0 Å². The van der Waals surface area contributed by atoms with Crippen molar-refractivity contribution >= 4 is 17.6 Å². The predicted octanol–water partition coefficient (Wildman–Crippen LogP) is 2.17. The van der Waals surface area contributed by atoms with Gasteiger partial charge in [0.15, 0.2) is 0 Å². The number of benzene rings is 1. The highest BCUT2D eigenvalue weighted by atomic mass is 16.6. The molecule has 6 heteroatoms. The van der Waals surface area contributed by atoms with E-state index < -0.39 is 4.92 Å². The van der Waals surface area contributed by atoms with Gasteiger partial charge in [0, 0.05) is 18.7 Å². The van der Waals surface area contributed by atoms with Crippen LogP contribution in [0.4, 0.5) is 11.4 Å². The van der Waals surface area contributed by atoms with Crippen molar-refractivity contribution in [3.63, 3.8) is 0 Å². The number of nitro groups is 1. The van der Waals surface area contributed by atoms with Gasteiger partial charge in [-0.25, -0.2) is 0 Å². The predicted molar refractivity (Wildman–Crippen MR) is 64.2 cm³/mol. The molecule has 17 heavy (non-hydrogen) atoms. The lowest BCUT2D eigenvalue weighted by Gasteiger charge is -2.02. The highest BCUT2D eigenvalue weighted by Gasteiger charge is 2.12. The summed E-state index contributed by atoms with van der Waals surface area (Å²) < 4.78 is 5.36. The van der Waals surface area contributed by atoms with Crippen LogP contribution >= 0.6 is 0 Å². The number of anilines is 1. The molecule has 1 fully saturated rings. The third-order valence-electron chi connectivity index (χ3n) is 2.48. The molecule has 90 valence electrons. The van der Waals surface area contributed by atoms with E-state index in [4.69, 9.17) is 4.74 Å². The van der Waals surface area contributed by atoms with Gasteiger partial charge in [0.05, 0.1) is 22.9 Å². The Hall–Kier alpha value is -1.95. The van der Waals surface area contributed by atoms with Crippen molar-refractivity contribution in [3.05, 3.63) is 34.4 Å². The molecule has 0 radical (unpaired) electrons. The summed E-state index contributed by atoms with van der Waals surface area (Å²) in [5, 5.41) is 14.5. The standard InChI is InChI=1S/C11H13N3O3/c15-14(16)10-5-3-9(4-6-10)13-12-8-11-2-1-7-17-11/h3-6,8,11,13H,1-2,7H2/b12-8+. The minimum atomic E-state index is -0.431. The number of hydrazone groups is 1. The maximum absolute atomic E-state index is 10.4. The molecule has 1 saturated heterocycles. The van der Waals surface area contributed by atoms with Gasteiger partial charge < -0.3 is 4.74 Å². The van der Waals surface area contributed by atoms with Crippen molar-refractivity contribution in [3.8, 4) is 0 Å². The van der Waals surface area contributed by atoms with Gasteiger partial charge in [-0.15, -0.1) is 0 Å². The third-order valence-corrected chi connectivity index (χ3v) is 2.48. The van der Waals surface area contributed by atoms with Crippen LogP contribution in [0.25, 0.3) is 0 Å². The topological polar surface area (TPSA) is 76.8 Å². The van der Waals surface area contributed by atoms with E-state index in [0.717, 1.165) is 19.4 Å². The molecule has 1 aliphatic rings. The molecule has 1 aromatic rings. The lowest BCUT2D eigenvalue weighted by Crippen LogP contribution is -2.07. The van der Waals surface area contributed by atoms with Crippen molar-refractivity contribution in [2.45, 2.75) is 18.9 Å². The van der Waals surface area contributed by atoms with E-state index in [1.807, 2.05) is 0 Å². The van der Waals surface area contributed by atoms with Crippen LogP contribution in [0.5, 0.6) is 0 Å². The van der Waals surface area contributed by atoms with Gasteiger partial charge in [-0.2, -0.15) is 5.10 Å². The van der Waals surface area contributed by atoms with Crippen molar-refractivity contribution < 1.29 is 9.66 Å². The first-order valence-electron chi connectivity index (χ1n) is 5.41. The van der Waals surface area contributed by atoms with Crippen molar-refractivity contribution in [2.24, 2.45) is 5.10 Å². The molecule has 1 atom stereocenters. The Bertz CT molecular complexity index is 410. The van der Waals surface area contributed by atoms with Crippen LogP contribution in [0.3, 0.4) is 0 Å². The first-order chi connectivity index (χ1) is 8.25. The maximum atomic E-state index is 10.4. The van der Waals surface area contributed by atoms with Crippen LogP contribution in [0.2, 0.25) is 0 Å². The summed E-state index contributed by atoms with van der Waals surface area (Å²) in [6, 6.07) is 6.10. The SMILES string of the molecule is O=[N+]([O-])c1ccc(N/N=C/C2CCCO2)cc1. The molecule has 1 heterocycles. The van der Waals surface area contributed by atoms with Gasteiger partial charge in [-0.3, -0.25) is 15.5 Å². The summed E-state index contributed by atoms with van der Waals surface area (Å²) in [4.78, 5) is 10.0. The van der Waals surface area contributed by atoms with E-state index in [0.29, 0.717) is 5.69 Å².